The first-order valence-corrected chi connectivity index (χ1v) is 4.31. The van der Waals surface area contributed by atoms with Crippen LogP contribution in [0.15, 0.2) is 23.4 Å². The Hall–Kier alpha value is -0.720. The van der Waals surface area contributed by atoms with Crippen LogP contribution in [0.1, 0.15) is 34.6 Å². The molecule has 1 atom stereocenters. The minimum Gasteiger partial charge on any atom is -0.384 e. The van der Waals surface area contributed by atoms with Gasteiger partial charge in [-0.25, -0.2) is 0 Å². The minimum atomic E-state index is 0.522. The fourth-order valence-corrected chi connectivity index (χ4v) is 0.914. The molecule has 0 saturated carbocycles. The summed E-state index contributed by atoms with van der Waals surface area (Å²) in [7, 11) is 0. The molecule has 0 fully saturated rings. The van der Waals surface area contributed by atoms with Crippen molar-refractivity contribution in [2.75, 3.05) is 0 Å². The monoisotopic (exact) mass is 153 g/mol. The molecule has 1 aliphatic rings. The summed E-state index contributed by atoms with van der Waals surface area (Å²) in [4.78, 5) is 0. The zero-order valence-electron chi connectivity index (χ0n) is 8.23. The Morgan fingerprint density at radius 1 is 1.27 bits per heavy atom. The van der Waals surface area contributed by atoms with Crippen LogP contribution in [0, 0.1) is 0 Å². The molecule has 0 spiro atoms. The Balaban J connectivity index is 0.000000461. The van der Waals surface area contributed by atoms with Gasteiger partial charge in [-0.05, 0) is 32.5 Å². The molecule has 1 nitrogen and oxygen atoms in total. The van der Waals surface area contributed by atoms with Gasteiger partial charge in [-0.15, -0.1) is 0 Å². The van der Waals surface area contributed by atoms with Gasteiger partial charge >= 0.3 is 0 Å². The van der Waals surface area contributed by atoms with E-state index >= 15 is 0 Å². The minimum absolute atomic E-state index is 0.522. The van der Waals surface area contributed by atoms with Crippen molar-refractivity contribution in [1.82, 2.24) is 5.32 Å². The van der Waals surface area contributed by atoms with E-state index in [-0.39, 0.29) is 0 Å². The summed E-state index contributed by atoms with van der Waals surface area (Å²) in [6, 6.07) is 0.522. The van der Waals surface area contributed by atoms with Crippen molar-refractivity contribution in [2.24, 2.45) is 0 Å². The van der Waals surface area contributed by atoms with E-state index in [0.29, 0.717) is 6.04 Å². The van der Waals surface area contributed by atoms with Crippen molar-refractivity contribution in [1.29, 1.82) is 0 Å². The molecule has 1 rings (SSSR count). The van der Waals surface area contributed by atoms with Crippen molar-refractivity contribution in [3.63, 3.8) is 0 Å². The first-order chi connectivity index (χ1) is 5.20. The maximum Gasteiger partial charge on any atom is 0.0440 e. The Morgan fingerprint density at radius 3 is 2.18 bits per heavy atom. The van der Waals surface area contributed by atoms with E-state index in [1.54, 1.807) is 0 Å². The number of hydrogen-bond donors (Lipinski definition) is 1. The SMILES string of the molecule is CC.CC1=CNC(C)C(C)=C1. The summed E-state index contributed by atoms with van der Waals surface area (Å²) in [6.45, 7) is 10.4. The molecule has 0 amide bonds. The van der Waals surface area contributed by atoms with Crippen molar-refractivity contribution in [2.45, 2.75) is 40.7 Å². The Morgan fingerprint density at radius 2 is 1.82 bits per heavy atom. The molecule has 0 radical (unpaired) electrons. The van der Waals surface area contributed by atoms with E-state index in [2.05, 4.69) is 38.4 Å². The van der Waals surface area contributed by atoms with Crippen LogP contribution in [0.4, 0.5) is 0 Å². The van der Waals surface area contributed by atoms with Crippen molar-refractivity contribution < 1.29 is 0 Å². The lowest BCUT2D eigenvalue weighted by molar-refractivity contribution is 0.711. The van der Waals surface area contributed by atoms with Crippen molar-refractivity contribution in [3.05, 3.63) is 23.4 Å². The fraction of sp³-hybridized carbons (Fsp3) is 0.600. The van der Waals surface area contributed by atoms with E-state index < -0.39 is 0 Å². The molecule has 0 aliphatic carbocycles. The van der Waals surface area contributed by atoms with Crippen molar-refractivity contribution >= 4 is 0 Å². The summed E-state index contributed by atoms with van der Waals surface area (Å²) < 4.78 is 0. The van der Waals surface area contributed by atoms with E-state index in [1.165, 1.54) is 11.1 Å². The number of rotatable bonds is 0. The van der Waals surface area contributed by atoms with Gasteiger partial charge in [0.05, 0.1) is 0 Å². The average Bonchev–Trinajstić information content (AvgIpc) is 2.02. The summed E-state index contributed by atoms with van der Waals surface area (Å²) in [5.41, 5.74) is 2.72. The molecule has 0 saturated heterocycles. The molecule has 0 bridgehead atoms. The molecule has 0 aromatic carbocycles. The van der Waals surface area contributed by atoms with Gasteiger partial charge in [-0.3, -0.25) is 0 Å². The number of allylic oxidation sites excluding steroid dienone is 2. The van der Waals surface area contributed by atoms with Gasteiger partial charge in [-0.1, -0.05) is 25.5 Å². The van der Waals surface area contributed by atoms with Crippen LogP contribution in [-0.2, 0) is 0 Å². The third kappa shape index (κ3) is 3.26. The van der Waals surface area contributed by atoms with Gasteiger partial charge in [0, 0.05) is 6.04 Å². The maximum atomic E-state index is 3.25. The van der Waals surface area contributed by atoms with Gasteiger partial charge in [0.25, 0.3) is 0 Å². The lowest BCUT2D eigenvalue weighted by Crippen LogP contribution is -2.24. The van der Waals surface area contributed by atoms with Gasteiger partial charge in [0.2, 0.25) is 0 Å². The smallest absolute Gasteiger partial charge is 0.0440 e. The van der Waals surface area contributed by atoms with Crippen LogP contribution in [0.25, 0.3) is 0 Å². The normalized spacial score (nSPS) is 22.1. The van der Waals surface area contributed by atoms with Crippen LogP contribution in [-0.4, -0.2) is 6.04 Å². The van der Waals surface area contributed by atoms with Gasteiger partial charge < -0.3 is 5.32 Å². The predicted molar refractivity (Wildman–Crippen MR) is 51.5 cm³/mol. The summed E-state index contributed by atoms with van der Waals surface area (Å²) >= 11 is 0. The second-order valence-electron chi connectivity index (χ2n) is 2.67. The molecule has 11 heavy (non-hydrogen) atoms. The second kappa shape index (κ2) is 5.00. The highest BCUT2D eigenvalue weighted by atomic mass is 14.9. The Bertz CT molecular complexity index is 166. The van der Waals surface area contributed by atoms with E-state index in [9.17, 15) is 0 Å². The summed E-state index contributed by atoms with van der Waals surface area (Å²) in [5, 5.41) is 3.25. The standard InChI is InChI=1S/C8H13N.C2H6/c1-6-4-7(2)8(3)9-5-6;1-2/h4-5,8-9H,1-3H3;1-2H3. The highest BCUT2D eigenvalue weighted by molar-refractivity contribution is 5.27. The number of hydrogen-bond acceptors (Lipinski definition) is 1. The second-order valence-corrected chi connectivity index (χ2v) is 2.67. The maximum absolute atomic E-state index is 3.25. The molecule has 0 aromatic heterocycles. The third-order valence-corrected chi connectivity index (χ3v) is 1.70. The summed E-state index contributed by atoms with van der Waals surface area (Å²) in [5.74, 6) is 0. The quantitative estimate of drug-likeness (QED) is 0.564. The predicted octanol–water partition coefficient (Wildman–Crippen LogP) is 2.85. The molecular formula is C10H19N. The third-order valence-electron chi connectivity index (χ3n) is 1.70. The molecular weight excluding hydrogens is 134 g/mol. The Kier molecular flexibility index (Phi) is 4.67. The van der Waals surface area contributed by atoms with Gasteiger partial charge in [0.1, 0.15) is 0 Å². The zero-order chi connectivity index (χ0) is 8.85. The number of nitrogens with one attached hydrogen (secondary N) is 1. The number of dihydropyridines is 1. The molecule has 1 heteroatoms. The first-order valence-electron chi connectivity index (χ1n) is 4.31. The van der Waals surface area contributed by atoms with E-state index in [1.807, 2.05) is 13.8 Å². The van der Waals surface area contributed by atoms with E-state index in [0.717, 1.165) is 0 Å². The Labute approximate surface area is 70.2 Å². The lowest BCUT2D eigenvalue weighted by Gasteiger charge is -2.17. The average molecular weight is 153 g/mol. The van der Waals surface area contributed by atoms with Crippen LogP contribution in [0.2, 0.25) is 0 Å². The van der Waals surface area contributed by atoms with Crippen LogP contribution in [0.3, 0.4) is 0 Å². The first kappa shape index (κ1) is 10.3. The summed E-state index contributed by atoms with van der Waals surface area (Å²) in [6.07, 6.45) is 4.26. The topological polar surface area (TPSA) is 12.0 Å². The fourth-order valence-electron chi connectivity index (χ4n) is 0.914. The molecule has 1 N–H and O–H groups in total. The highest BCUT2D eigenvalue weighted by Gasteiger charge is 2.04. The van der Waals surface area contributed by atoms with Crippen LogP contribution >= 0.6 is 0 Å². The van der Waals surface area contributed by atoms with Crippen LogP contribution in [0.5, 0.6) is 0 Å². The lowest BCUT2D eigenvalue weighted by atomic mass is 10.1. The molecule has 0 aromatic rings. The molecule has 64 valence electrons. The zero-order valence-corrected chi connectivity index (χ0v) is 8.23. The molecule has 1 aliphatic heterocycles. The van der Waals surface area contributed by atoms with E-state index in [4.69, 9.17) is 0 Å². The highest BCUT2D eigenvalue weighted by Crippen LogP contribution is 2.09. The largest absolute Gasteiger partial charge is 0.384 e. The van der Waals surface area contributed by atoms with Crippen LogP contribution < -0.4 is 5.32 Å². The molecule has 1 unspecified atom stereocenters. The van der Waals surface area contributed by atoms with Gasteiger partial charge in [-0.2, -0.15) is 0 Å². The van der Waals surface area contributed by atoms with Gasteiger partial charge in [0.15, 0.2) is 0 Å². The molecule has 1 heterocycles. The van der Waals surface area contributed by atoms with Crippen molar-refractivity contribution in [3.8, 4) is 0 Å².